The van der Waals surface area contributed by atoms with Crippen LogP contribution in [0.1, 0.15) is 0 Å². The van der Waals surface area contributed by atoms with Crippen LogP contribution in [-0.2, 0) is 0 Å². The first-order chi connectivity index (χ1) is 34.7. The van der Waals surface area contributed by atoms with E-state index in [2.05, 4.69) is 266 Å². The third kappa shape index (κ3) is 7.13. The minimum absolute atomic E-state index is 0.896. The summed E-state index contributed by atoms with van der Waals surface area (Å²) in [4.78, 5) is 2.44. The maximum absolute atomic E-state index is 6.52. The summed E-state index contributed by atoms with van der Waals surface area (Å²) < 4.78 is 6.52. The van der Waals surface area contributed by atoms with Crippen molar-refractivity contribution in [1.29, 1.82) is 0 Å². The van der Waals surface area contributed by atoms with Gasteiger partial charge in [-0.2, -0.15) is 0 Å². The van der Waals surface area contributed by atoms with Gasteiger partial charge in [0.25, 0.3) is 0 Å². The Kier molecular flexibility index (Phi) is 10.2. The molecule has 0 bridgehead atoms. The summed E-state index contributed by atoms with van der Waals surface area (Å²) in [5.74, 6) is 0. The van der Waals surface area contributed by atoms with Crippen LogP contribution >= 0.6 is 0 Å². The van der Waals surface area contributed by atoms with Gasteiger partial charge in [-0.3, -0.25) is 0 Å². The lowest BCUT2D eigenvalue weighted by Gasteiger charge is -2.30. The highest BCUT2D eigenvalue weighted by Crippen LogP contribution is 2.49. The van der Waals surface area contributed by atoms with Crippen molar-refractivity contribution in [2.24, 2.45) is 0 Å². The van der Waals surface area contributed by atoms with Crippen molar-refractivity contribution in [1.82, 2.24) is 0 Å². The Bertz CT molecular complexity index is 3950. The van der Waals surface area contributed by atoms with Crippen molar-refractivity contribution in [3.63, 3.8) is 0 Å². The van der Waals surface area contributed by atoms with Gasteiger partial charge in [0.1, 0.15) is 11.2 Å². The van der Waals surface area contributed by atoms with Gasteiger partial charge in [-0.1, -0.05) is 237 Å². The van der Waals surface area contributed by atoms with Crippen LogP contribution in [0, 0.1) is 0 Å². The zero-order chi connectivity index (χ0) is 46.4. The third-order valence-corrected chi connectivity index (χ3v) is 13.9. The topological polar surface area (TPSA) is 16.4 Å². The molecule has 0 aliphatic rings. The van der Waals surface area contributed by atoms with E-state index in [0.717, 1.165) is 83.5 Å². The van der Waals surface area contributed by atoms with E-state index in [4.69, 9.17) is 4.42 Å². The Morgan fingerprint density at radius 1 is 0.243 bits per heavy atom. The largest absolute Gasteiger partial charge is 0.455 e. The summed E-state index contributed by atoms with van der Waals surface area (Å²) in [6.45, 7) is 0. The normalized spacial score (nSPS) is 11.4. The number of nitrogens with zero attached hydrogens (tertiary/aromatic N) is 1. The summed E-state index contributed by atoms with van der Waals surface area (Å²) in [6.07, 6.45) is 0. The number of anilines is 3. The molecule has 0 atom stereocenters. The molecule has 0 unspecified atom stereocenters. The van der Waals surface area contributed by atoms with Gasteiger partial charge >= 0.3 is 0 Å². The van der Waals surface area contributed by atoms with Gasteiger partial charge < -0.3 is 9.32 Å². The molecule has 0 saturated heterocycles. The molecular weight excluding hydrogens is 847 g/mol. The van der Waals surface area contributed by atoms with Gasteiger partial charge in [-0.15, -0.1) is 0 Å². The number of rotatable bonds is 9. The second-order valence-corrected chi connectivity index (χ2v) is 17.9. The lowest BCUT2D eigenvalue weighted by molar-refractivity contribution is 0.670. The Morgan fingerprint density at radius 3 is 1.26 bits per heavy atom. The molecule has 0 radical (unpaired) electrons. The van der Waals surface area contributed by atoms with Gasteiger partial charge in [0.05, 0.1) is 5.69 Å². The maximum atomic E-state index is 6.52. The Labute approximate surface area is 407 Å². The van der Waals surface area contributed by atoms with E-state index in [1.165, 1.54) is 43.8 Å². The smallest absolute Gasteiger partial charge is 0.143 e. The number of hydrogen-bond donors (Lipinski definition) is 0. The molecule has 2 heteroatoms. The average molecular weight is 892 g/mol. The third-order valence-electron chi connectivity index (χ3n) is 13.9. The molecule has 0 amide bonds. The molecule has 12 aromatic carbocycles. The lowest BCUT2D eigenvalue weighted by atomic mass is 9.84. The van der Waals surface area contributed by atoms with Crippen molar-refractivity contribution in [3.05, 3.63) is 273 Å². The molecule has 0 aliphatic carbocycles. The van der Waals surface area contributed by atoms with Crippen LogP contribution in [0.25, 0.3) is 110 Å². The van der Waals surface area contributed by atoms with Crippen molar-refractivity contribution in [2.45, 2.75) is 0 Å². The van der Waals surface area contributed by atoms with Crippen LogP contribution in [0.15, 0.2) is 277 Å². The summed E-state index contributed by atoms with van der Waals surface area (Å²) in [5.41, 5.74) is 19.0. The van der Waals surface area contributed by atoms with Crippen molar-refractivity contribution < 1.29 is 4.42 Å². The molecule has 0 saturated carbocycles. The first-order valence-electron chi connectivity index (χ1n) is 24.0. The van der Waals surface area contributed by atoms with E-state index in [1.807, 2.05) is 12.1 Å². The van der Waals surface area contributed by atoms with E-state index < -0.39 is 0 Å². The molecule has 1 heterocycles. The molecule has 328 valence electrons. The monoisotopic (exact) mass is 891 g/mol. The quantitative estimate of drug-likeness (QED) is 0.134. The summed E-state index contributed by atoms with van der Waals surface area (Å²) in [7, 11) is 0. The van der Waals surface area contributed by atoms with E-state index >= 15 is 0 Å². The number of benzene rings is 12. The van der Waals surface area contributed by atoms with Crippen molar-refractivity contribution >= 4 is 60.5 Å². The fraction of sp³-hybridized carbons (Fsp3) is 0. The second kappa shape index (κ2) is 17.4. The summed E-state index contributed by atoms with van der Waals surface area (Å²) >= 11 is 0. The Morgan fingerprint density at radius 2 is 0.657 bits per heavy atom. The zero-order valence-electron chi connectivity index (χ0n) is 38.3. The Hall–Kier alpha value is -9.24. The van der Waals surface area contributed by atoms with Crippen LogP contribution in [0.4, 0.5) is 17.1 Å². The van der Waals surface area contributed by atoms with Crippen LogP contribution in [0.5, 0.6) is 0 Å². The lowest BCUT2D eigenvalue weighted by Crippen LogP contribution is -2.12. The highest BCUT2D eigenvalue weighted by Gasteiger charge is 2.23. The molecule has 1 aromatic heterocycles. The zero-order valence-corrected chi connectivity index (χ0v) is 38.3. The molecule has 0 fully saturated rings. The van der Waals surface area contributed by atoms with Crippen LogP contribution < -0.4 is 4.90 Å². The van der Waals surface area contributed by atoms with E-state index in [1.54, 1.807) is 0 Å². The number of hydrogen-bond acceptors (Lipinski definition) is 2. The maximum Gasteiger partial charge on any atom is 0.143 e. The minimum Gasteiger partial charge on any atom is -0.455 e. The summed E-state index contributed by atoms with van der Waals surface area (Å²) in [5, 5.41) is 7.22. The van der Waals surface area contributed by atoms with Crippen LogP contribution in [0.3, 0.4) is 0 Å². The van der Waals surface area contributed by atoms with Gasteiger partial charge in [-0.25, -0.2) is 0 Å². The number of furan rings is 1. The minimum atomic E-state index is 0.896. The molecule has 13 rings (SSSR count). The molecule has 2 nitrogen and oxygen atoms in total. The second-order valence-electron chi connectivity index (χ2n) is 17.9. The average Bonchev–Trinajstić information content (AvgIpc) is 3.83. The van der Waals surface area contributed by atoms with Crippen molar-refractivity contribution in [2.75, 3.05) is 4.90 Å². The number of fused-ring (bicyclic) bond motifs is 6. The molecule has 0 aliphatic heterocycles. The molecular formula is C68H45NO. The van der Waals surface area contributed by atoms with Gasteiger partial charge in [0, 0.05) is 38.8 Å². The van der Waals surface area contributed by atoms with Crippen LogP contribution in [0.2, 0.25) is 0 Å². The first kappa shape index (κ1) is 41.0. The van der Waals surface area contributed by atoms with Crippen LogP contribution in [-0.4, -0.2) is 0 Å². The number of para-hydroxylation sites is 3. The van der Waals surface area contributed by atoms with Crippen molar-refractivity contribution in [3.8, 4) is 66.8 Å². The molecule has 13 aromatic rings. The van der Waals surface area contributed by atoms with E-state index in [9.17, 15) is 0 Å². The predicted molar refractivity (Wildman–Crippen MR) is 296 cm³/mol. The predicted octanol–water partition coefficient (Wildman–Crippen LogP) is 19.4. The highest BCUT2D eigenvalue weighted by atomic mass is 16.3. The Balaban J connectivity index is 0.991. The standard InChI is InChI=1S/C68H45NO/c1-5-19-47(20-6-1)55-30-17-31-56(48-21-7-2-8-22-48)67(55)69(54-42-37-49(38-43-54)57-32-18-33-62-60-28-15-16-34-64(60)70-68(57)62)53-40-35-46(36-41-53)52-39-44-59-58-27-13-14-29-61(58)65(50-23-9-3-10-24-50)66(63(59)45-52)51-25-11-4-12-26-51/h1-45H. The van der Waals surface area contributed by atoms with E-state index in [-0.39, 0.29) is 0 Å². The summed E-state index contributed by atoms with van der Waals surface area (Å²) in [6, 6.07) is 98.7. The fourth-order valence-electron chi connectivity index (χ4n) is 10.6. The van der Waals surface area contributed by atoms with Gasteiger partial charge in [0.15, 0.2) is 0 Å². The van der Waals surface area contributed by atoms with E-state index in [0.29, 0.717) is 0 Å². The van der Waals surface area contributed by atoms with Gasteiger partial charge in [-0.05, 0) is 108 Å². The molecule has 70 heavy (non-hydrogen) atoms. The fourth-order valence-corrected chi connectivity index (χ4v) is 10.6. The first-order valence-corrected chi connectivity index (χ1v) is 24.0. The highest BCUT2D eigenvalue weighted by molar-refractivity contribution is 6.22. The molecule has 0 spiro atoms. The SMILES string of the molecule is c1ccc(-c2cccc(-c3ccccc3)c2N(c2ccc(-c3ccc4c(c3)c(-c3ccccc3)c(-c3ccccc3)c3ccccc34)cc2)c2ccc(-c3cccc4c3oc3ccccc34)cc2)cc1. The van der Waals surface area contributed by atoms with Gasteiger partial charge in [0.2, 0.25) is 0 Å². The molecule has 0 N–H and O–H groups in total.